The van der Waals surface area contributed by atoms with Gasteiger partial charge >= 0.3 is 17.9 Å². The summed E-state index contributed by atoms with van der Waals surface area (Å²) in [5, 5.41) is 0. The molecule has 6 nitrogen and oxygen atoms in total. The largest absolute Gasteiger partial charge is 0.462 e. The number of esters is 3. The molecule has 0 N–H and O–H groups in total. The SMILES string of the molecule is CC/C=C/C/C=C/C/C=C/C/C=C/C/C=C/CCCC(=O)O[C@H](COC(=O)CCCCCCC/C=C/CCCCCC)COC(=O)CCCCCCCCCCC/C=C/CCCCCCCC. The van der Waals surface area contributed by atoms with E-state index in [1.54, 1.807) is 0 Å². The summed E-state index contributed by atoms with van der Waals surface area (Å²) in [5.74, 6) is -0.969. The smallest absolute Gasteiger partial charge is 0.306 e. The summed E-state index contributed by atoms with van der Waals surface area (Å²) < 4.78 is 16.8. The van der Waals surface area contributed by atoms with Crippen molar-refractivity contribution in [1.29, 1.82) is 0 Å². The maximum atomic E-state index is 12.8. The second-order valence-corrected chi connectivity index (χ2v) is 18.5. The minimum atomic E-state index is -0.810. The first-order valence-electron chi connectivity index (χ1n) is 28.1. The molecule has 0 aromatic rings. The van der Waals surface area contributed by atoms with Gasteiger partial charge in [-0.1, -0.05) is 221 Å². The fourth-order valence-corrected chi connectivity index (χ4v) is 7.64. The van der Waals surface area contributed by atoms with Crippen LogP contribution in [0, 0.1) is 0 Å². The first-order valence-corrected chi connectivity index (χ1v) is 28.1. The van der Waals surface area contributed by atoms with Gasteiger partial charge in [-0.3, -0.25) is 14.4 Å². The van der Waals surface area contributed by atoms with Gasteiger partial charge in [-0.15, -0.1) is 0 Å². The van der Waals surface area contributed by atoms with Crippen LogP contribution >= 0.6 is 0 Å². The van der Waals surface area contributed by atoms with Gasteiger partial charge < -0.3 is 14.2 Å². The molecule has 0 amide bonds. The summed E-state index contributed by atoms with van der Waals surface area (Å²) in [6.45, 7) is 6.46. The molecule has 0 aromatic carbocycles. The lowest BCUT2D eigenvalue weighted by molar-refractivity contribution is -0.167. The molecular weight excluding hydrogens is 829 g/mol. The highest BCUT2D eigenvalue weighted by molar-refractivity contribution is 5.71. The number of rotatable bonds is 50. The second-order valence-electron chi connectivity index (χ2n) is 18.5. The Bertz CT molecular complexity index is 1300. The molecule has 384 valence electrons. The van der Waals surface area contributed by atoms with Gasteiger partial charge in [0.15, 0.2) is 6.10 Å². The lowest BCUT2D eigenvalue weighted by Gasteiger charge is -2.18. The van der Waals surface area contributed by atoms with Gasteiger partial charge in [-0.2, -0.15) is 0 Å². The number of allylic oxidation sites excluding steroid dienone is 14. The van der Waals surface area contributed by atoms with Crippen LogP contribution in [0.15, 0.2) is 85.1 Å². The van der Waals surface area contributed by atoms with E-state index in [4.69, 9.17) is 14.2 Å². The Kier molecular flexibility index (Phi) is 52.4. The Labute approximate surface area is 414 Å². The molecule has 0 spiro atoms. The molecule has 0 aromatic heterocycles. The Morgan fingerprint density at radius 3 is 0.985 bits per heavy atom. The van der Waals surface area contributed by atoms with E-state index in [2.05, 4.69) is 106 Å². The van der Waals surface area contributed by atoms with Gasteiger partial charge in [0.2, 0.25) is 0 Å². The molecule has 0 rings (SSSR count). The summed E-state index contributed by atoms with van der Waals surface area (Å²) >= 11 is 0. The second kappa shape index (κ2) is 55.2. The quantitative estimate of drug-likeness (QED) is 0.0262. The van der Waals surface area contributed by atoms with Crippen molar-refractivity contribution >= 4 is 17.9 Å². The molecule has 0 bridgehead atoms. The fraction of sp³-hybridized carbons (Fsp3) is 0.721. The van der Waals surface area contributed by atoms with E-state index in [-0.39, 0.29) is 37.5 Å². The van der Waals surface area contributed by atoms with Crippen LogP contribution in [0.1, 0.15) is 265 Å². The molecule has 6 heteroatoms. The molecule has 0 unspecified atom stereocenters. The summed E-state index contributed by atoms with van der Waals surface area (Å²) in [6.07, 6.45) is 71.5. The fourth-order valence-electron chi connectivity index (χ4n) is 7.64. The summed E-state index contributed by atoms with van der Waals surface area (Å²) in [4.78, 5) is 38.1. The third kappa shape index (κ3) is 53.4. The Morgan fingerprint density at radius 1 is 0.313 bits per heavy atom. The van der Waals surface area contributed by atoms with Gasteiger partial charge in [0.05, 0.1) is 0 Å². The molecule has 67 heavy (non-hydrogen) atoms. The third-order valence-electron chi connectivity index (χ3n) is 11.9. The molecule has 0 aliphatic heterocycles. The number of ether oxygens (including phenoxy) is 3. The van der Waals surface area contributed by atoms with Crippen molar-refractivity contribution in [2.75, 3.05) is 13.2 Å². The van der Waals surface area contributed by atoms with Crippen LogP contribution in [0.4, 0.5) is 0 Å². The zero-order chi connectivity index (χ0) is 48.6. The minimum Gasteiger partial charge on any atom is -0.462 e. The summed E-state index contributed by atoms with van der Waals surface area (Å²) in [6, 6.07) is 0. The lowest BCUT2D eigenvalue weighted by atomic mass is 10.1. The van der Waals surface area contributed by atoms with Crippen LogP contribution in [0.25, 0.3) is 0 Å². The third-order valence-corrected chi connectivity index (χ3v) is 11.9. The van der Waals surface area contributed by atoms with E-state index in [9.17, 15) is 14.4 Å². The average molecular weight is 933 g/mol. The van der Waals surface area contributed by atoms with E-state index in [0.29, 0.717) is 19.3 Å². The van der Waals surface area contributed by atoms with Crippen molar-refractivity contribution in [2.45, 2.75) is 271 Å². The van der Waals surface area contributed by atoms with E-state index in [1.165, 1.54) is 128 Å². The molecule has 0 heterocycles. The number of hydrogen-bond donors (Lipinski definition) is 0. The minimum absolute atomic E-state index is 0.102. The maximum Gasteiger partial charge on any atom is 0.306 e. The first kappa shape index (κ1) is 63.6. The molecule has 0 saturated heterocycles. The van der Waals surface area contributed by atoms with Crippen molar-refractivity contribution < 1.29 is 28.6 Å². The zero-order valence-electron chi connectivity index (χ0n) is 43.9. The van der Waals surface area contributed by atoms with Gasteiger partial charge in [-0.05, 0) is 109 Å². The van der Waals surface area contributed by atoms with Crippen LogP contribution in [-0.4, -0.2) is 37.2 Å². The predicted octanol–water partition coefficient (Wildman–Crippen LogP) is 18.8. The van der Waals surface area contributed by atoms with Gasteiger partial charge in [-0.25, -0.2) is 0 Å². The van der Waals surface area contributed by atoms with E-state index >= 15 is 0 Å². The Balaban J connectivity index is 4.45. The van der Waals surface area contributed by atoms with E-state index in [0.717, 1.165) is 89.9 Å². The first-order chi connectivity index (χ1) is 33.0. The van der Waals surface area contributed by atoms with Gasteiger partial charge in [0.25, 0.3) is 0 Å². The normalized spacial score (nSPS) is 12.7. The highest BCUT2D eigenvalue weighted by Gasteiger charge is 2.19. The number of hydrogen-bond acceptors (Lipinski definition) is 6. The highest BCUT2D eigenvalue weighted by atomic mass is 16.6. The lowest BCUT2D eigenvalue weighted by Crippen LogP contribution is -2.30. The van der Waals surface area contributed by atoms with Crippen molar-refractivity contribution in [2.24, 2.45) is 0 Å². The number of carbonyl (C=O) groups is 3. The van der Waals surface area contributed by atoms with Crippen LogP contribution in [0.5, 0.6) is 0 Å². The number of unbranched alkanes of at least 4 members (excludes halogenated alkanes) is 25. The van der Waals surface area contributed by atoms with Crippen LogP contribution < -0.4 is 0 Å². The molecule has 0 aliphatic rings. The predicted molar refractivity (Wildman–Crippen MR) is 288 cm³/mol. The van der Waals surface area contributed by atoms with Crippen molar-refractivity contribution in [3.8, 4) is 0 Å². The van der Waals surface area contributed by atoms with Gasteiger partial charge in [0.1, 0.15) is 13.2 Å². The topological polar surface area (TPSA) is 78.9 Å². The number of carbonyl (C=O) groups excluding carboxylic acids is 3. The highest BCUT2D eigenvalue weighted by Crippen LogP contribution is 2.14. The Morgan fingerprint density at radius 2 is 0.597 bits per heavy atom. The van der Waals surface area contributed by atoms with Crippen molar-refractivity contribution in [1.82, 2.24) is 0 Å². The molecule has 0 radical (unpaired) electrons. The van der Waals surface area contributed by atoms with Crippen LogP contribution in [0.3, 0.4) is 0 Å². The van der Waals surface area contributed by atoms with Gasteiger partial charge in [0, 0.05) is 19.3 Å². The molecule has 0 fully saturated rings. The Hall–Kier alpha value is -3.41. The average Bonchev–Trinajstić information content (AvgIpc) is 3.33. The van der Waals surface area contributed by atoms with E-state index in [1.807, 2.05) is 0 Å². The molecule has 0 saturated carbocycles. The standard InChI is InChI=1S/C61H104O6/c1-4-7-10-13-16-19-22-25-27-29-30-32-33-36-39-42-45-48-51-54-60(63)66-57-58(56-65-59(62)53-50-47-44-41-38-35-24-21-18-15-12-9-6-3)67-61(64)55-52-49-46-43-40-37-34-31-28-26-23-20-17-14-11-8-5-2/h8,11,17,20-21,24-28,34,37,43,46,58H,4-7,9-10,12-16,18-19,22-23,29-33,35-36,38-42,44-45,47-57H2,1-3H3/b11-8+,20-17+,24-21+,27-25+,28-26+,37-34+,46-43+/t58-/m1/s1. The monoisotopic (exact) mass is 933 g/mol. The van der Waals surface area contributed by atoms with Crippen LogP contribution in [0.2, 0.25) is 0 Å². The summed E-state index contributed by atoms with van der Waals surface area (Å²) in [5.41, 5.74) is 0. The molecule has 0 aliphatic carbocycles. The van der Waals surface area contributed by atoms with Crippen molar-refractivity contribution in [3.63, 3.8) is 0 Å². The molecule has 1 atom stereocenters. The maximum absolute atomic E-state index is 12.8. The van der Waals surface area contributed by atoms with Crippen molar-refractivity contribution in [3.05, 3.63) is 85.1 Å². The summed E-state index contributed by atoms with van der Waals surface area (Å²) in [7, 11) is 0. The zero-order valence-corrected chi connectivity index (χ0v) is 43.9. The van der Waals surface area contributed by atoms with Crippen LogP contribution in [-0.2, 0) is 28.6 Å². The molecular formula is C61H104O6. The van der Waals surface area contributed by atoms with E-state index < -0.39 is 6.10 Å².